The number of nitrogens with zero attached hydrogens (tertiary/aromatic N) is 3. The van der Waals surface area contributed by atoms with Crippen LogP contribution in [-0.4, -0.2) is 46.3 Å². The van der Waals surface area contributed by atoms with Crippen molar-refractivity contribution in [3.63, 3.8) is 0 Å². The molecule has 1 N–H and O–H groups in total. The van der Waals surface area contributed by atoms with Gasteiger partial charge in [0.25, 0.3) is 5.91 Å². The maximum Gasteiger partial charge on any atom is 0.276 e. The highest BCUT2D eigenvalue weighted by Crippen LogP contribution is 2.30. The fraction of sp³-hybridized carbons (Fsp3) is 0.733. The minimum Gasteiger partial charge on any atom is -0.334 e. The van der Waals surface area contributed by atoms with Gasteiger partial charge in [0.05, 0.1) is 10.7 Å². The van der Waals surface area contributed by atoms with E-state index in [1.165, 1.54) is 6.42 Å². The first-order valence-corrected chi connectivity index (χ1v) is 8.18. The van der Waals surface area contributed by atoms with Crippen LogP contribution < -0.4 is 5.32 Å². The van der Waals surface area contributed by atoms with Gasteiger partial charge < -0.3 is 10.2 Å². The number of aromatic nitrogens is 2. The number of hydrogen-bond donors (Lipinski definition) is 1. The molecule has 1 aromatic rings. The molecule has 0 aliphatic carbocycles. The Morgan fingerprint density at radius 2 is 2.19 bits per heavy atom. The highest BCUT2D eigenvalue weighted by Gasteiger charge is 2.36. The molecule has 0 radical (unpaired) electrons. The number of nitrogens with one attached hydrogen (secondary N) is 1. The maximum atomic E-state index is 12.9. The van der Waals surface area contributed by atoms with E-state index < -0.39 is 0 Å². The molecular formula is C15H23ClN4O. The van der Waals surface area contributed by atoms with Crippen LogP contribution in [0, 0.1) is 12.8 Å². The molecule has 1 aromatic heterocycles. The van der Waals surface area contributed by atoms with Gasteiger partial charge in [-0.1, -0.05) is 11.6 Å². The number of halogens is 1. The fourth-order valence-electron chi connectivity index (χ4n) is 3.56. The standard InChI is InChI=1S/C15H23ClN4O/c1-10-13(16)14(18-19(10)2)15(21)20-8-4-3-5-12(20)11-6-7-17-9-11/h11-12,17H,3-9H2,1-2H3. The van der Waals surface area contributed by atoms with Crippen LogP contribution >= 0.6 is 11.6 Å². The molecule has 2 fully saturated rings. The number of aryl methyl sites for hydroxylation is 1. The van der Waals surface area contributed by atoms with Crippen LogP contribution in [0.15, 0.2) is 0 Å². The molecule has 1 amide bonds. The minimum absolute atomic E-state index is 0.000278. The number of likely N-dealkylation sites (tertiary alicyclic amines) is 1. The van der Waals surface area contributed by atoms with Gasteiger partial charge in [-0.25, -0.2) is 0 Å². The summed E-state index contributed by atoms with van der Waals surface area (Å²) in [6, 6.07) is 0.333. The first kappa shape index (κ1) is 14.9. The quantitative estimate of drug-likeness (QED) is 0.909. The Bertz CT molecular complexity index is 536. The first-order valence-electron chi connectivity index (χ1n) is 7.80. The normalized spacial score (nSPS) is 26.3. The van der Waals surface area contributed by atoms with Crippen molar-refractivity contribution in [2.24, 2.45) is 13.0 Å². The third-order valence-corrected chi connectivity index (χ3v) is 5.37. The van der Waals surface area contributed by atoms with Crippen molar-refractivity contribution in [1.29, 1.82) is 0 Å². The largest absolute Gasteiger partial charge is 0.334 e. The van der Waals surface area contributed by atoms with Crippen molar-refractivity contribution in [3.05, 3.63) is 16.4 Å². The molecule has 2 aliphatic heterocycles. The lowest BCUT2D eigenvalue weighted by molar-refractivity contribution is 0.0523. The van der Waals surface area contributed by atoms with Crippen molar-refractivity contribution in [1.82, 2.24) is 20.0 Å². The number of rotatable bonds is 2. The second-order valence-corrected chi connectivity index (χ2v) is 6.56. The van der Waals surface area contributed by atoms with Crippen molar-refractivity contribution in [2.45, 2.75) is 38.6 Å². The van der Waals surface area contributed by atoms with E-state index in [1.54, 1.807) is 4.68 Å². The molecule has 3 rings (SSSR count). The summed E-state index contributed by atoms with van der Waals surface area (Å²) >= 11 is 6.29. The van der Waals surface area contributed by atoms with E-state index in [2.05, 4.69) is 10.4 Å². The van der Waals surface area contributed by atoms with E-state index in [-0.39, 0.29) is 5.91 Å². The molecule has 2 aliphatic rings. The predicted octanol–water partition coefficient (Wildman–Crippen LogP) is 1.99. The zero-order chi connectivity index (χ0) is 15.0. The lowest BCUT2D eigenvalue weighted by Crippen LogP contribution is -2.48. The van der Waals surface area contributed by atoms with Gasteiger partial charge in [-0.15, -0.1) is 0 Å². The van der Waals surface area contributed by atoms with Crippen molar-refractivity contribution in [3.8, 4) is 0 Å². The molecule has 21 heavy (non-hydrogen) atoms. The van der Waals surface area contributed by atoms with Gasteiger partial charge in [-0.05, 0) is 51.6 Å². The zero-order valence-electron chi connectivity index (χ0n) is 12.7. The molecule has 0 bridgehead atoms. The SMILES string of the molecule is Cc1c(Cl)c(C(=O)N2CCCCC2C2CCNC2)nn1C. The summed E-state index contributed by atoms with van der Waals surface area (Å²) in [5, 5.41) is 8.23. The van der Waals surface area contributed by atoms with E-state index in [1.807, 2.05) is 18.9 Å². The van der Waals surface area contributed by atoms with E-state index in [9.17, 15) is 4.79 Å². The lowest BCUT2D eigenvalue weighted by atomic mass is 9.89. The molecule has 0 spiro atoms. The summed E-state index contributed by atoms with van der Waals surface area (Å²) in [5.74, 6) is 0.568. The minimum atomic E-state index is 0.000278. The number of hydrogen-bond acceptors (Lipinski definition) is 3. The van der Waals surface area contributed by atoms with Crippen molar-refractivity contribution >= 4 is 17.5 Å². The summed E-state index contributed by atoms with van der Waals surface area (Å²) in [6.07, 6.45) is 4.54. The van der Waals surface area contributed by atoms with Crippen LogP contribution in [0.4, 0.5) is 0 Å². The Hall–Kier alpha value is -1.07. The molecule has 116 valence electrons. The Morgan fingerprint density at radius 1 is 1.38 bits per heavy atom. The van der Waals surface area contributed by atoms with E-state index in [4.69, 9.17) is 11.6 Å². The second-order valence-electron chi connectivity index (χ2n) is 6.19. The summed E-state index contributed by atoms with van der Waals surface area (Å²) in [4.78, 5) is 14.9. The molecule has 6 heteroatoms. The Labute approximate surface area is 130 Å². The molecule has 2 unspecified atom stereocenters. The van der Waals surface area contributed by atoms with Gasteiger partial charge in [0, 0.05) is 19.6 Å². The summed E-state index contributed by atoms with van der Waals surface area (Å²) < 4.78 is 1.69. The van der Waals surface area contributed by atoms with Gasteiger partial charge in [-0.3, -0.25) is 9.48 Å². The van der Waals surface area contributed by atoms with Crippen LogP contribution in [0.1, 0.15) is 41.9 Å². The predicted molar refractivity (Wildman–Crippen MR) is 82.6 cm³/mol. The van der Waals surface area contributed by atoms with E-state index in [0.29, 0.717) is 22.7 Å². The fourth-order valence-corrected chi connectivity index (χ4v) is 3.80. The third-order valence-electron chi connectivity index (χ3n) is 4.92. The Morgan fingerprint density at radius 3 is 2.81 bits per heavy atom. The molecule has 0 saturated carbocycles. The highest BCUT2D eigenvalue weighted by molar-refractivity contribution is 6.34. The van der Waals surface area contributed by atoms with Crippen LogP contribution in [0.2, 0.25) is 5.02 Å². The lowest BCUT2D eigenvalue weighted by Gasteiger charge is -2.38. The van der Waals surface area contributed by atoms with Crippen LogP contribution in [-0.2, 0) is 7.05 Å². The van der Waals surface area contributed by atoms with Gasteiger partial charge in [-0.2, -0.15) is 5.10 Å². The third kappa shape index (κ3) is 2.69. The molecule has 3 heterocycles. The topological polar surface area (TPSA) is 50.2 Å². The van der Waals surface area contributed by atoms with Crippen LogP contribution in [0.3, 0.4) is 0 Å². The number of carbonyl (C=O) groups excluding carboxylic acids is 1. The second kappa shape index (κ2) is 5.97. The van der Waals surface area contributed by atoms with Gasteiger partial charge >= 0.3 is 0 Å². The summed E-state index contributed by atoms with van der Waals surface area (Å²) in [7, 11) is 1.83. The smallest absolute Gasteiger partial charge is 0.276 e. The summed E-state index contributed by atoms with van der Waals surface area (Å²) in [6.45, 7) is 4.79. The molecular weight excluding hydrogens is 288 g/mol. The highest BCUT2D eigenvalue weighted by atomic mass is 35.5. The molecule has 2 atom stereocenters. The van der Waals surface area contributed by atoms with Gasteiger partial charge in [0.1, 0.15) is 0 Å². The van der Waals surface area contributed by atoms with E-state index >= 15 is 0 Å². The van der Waals surface area contributed by atoms with Gasteiger partial charge in [0.2, 0.25) is 0 Å². The van der Waals surface area contributed by atoms with Crippen molar-refractivity contribution < 1.29 is 4.79 Å². The van der Waals surface area contributed by atoms with Crippen LogP contribution in [0.5, 0.6) is 0 Å². The molecule has 2 saturated heterocycles. The Kier molecular flexibility index (Phi) is 4.22. The first-order chi connectivity index (χ1) is 10.1. The average molecular weight is 311 g/mol. The number of carbonyl (C=O) groups is 1. The van der Waals surface area contributed by atoms with E-state index in [0.717, 1.165) is 44.6 Å². The number of piperidine rings is 1. The maximum absolute atomic E-state index is 12.9. The average Bonchev–Trinajstić information content (AvgIpc) is 3.11. The summed E-state index contributed by atoms with van der Waals surface area (Å²) in [5.41, 5.74) is 1.26. The monoisotopic (exact) mass is 310 g/mol. The number of amides is 1. The van der Waals surface area contributed by atoms with Gasteiger partial charge in [0.15, 0.2) is 5.69 Å². The molecule has 0 aromatic carbocycles. The Balaban J connectivity index is 1.85. The molecule has 5 nitrogen and oxygen atoms in total. The van der Waals surface area contributed by atoms with Crippen LogP contribution in [0.25, 0.3) is 0 Å². The van der Waals surface area contributed by atoms with Crippen molar-refractivity contribution in [2.75, 3.05) is 19.6 Å². The zero-order valence-corrected chi connectivity index (χ0v) is 13.5.